The lowest BCUT2D eigenvalue weighted by atomic mass is 10.3. The van der Waals surface area contributed by atoms with Gasteiger partial charge in [0.05, 0.1) is 0 Å². The molecule has 74 valence electrons. The molecule has 0 saturated heterocycles. The van der Waals surface area contributed by atoms with Crippen LogP contribution in [0.25, 0.3) is 0 Å². The highest BCUT2D eigenvalue weighted by atomic mass is 79.9. The van der Waals surface area contributed by atoms with Crippen LogP contribution in [0.2, 0.25) is 0 Å². The molecule has 0 amide bonds. The molecule has 0 bridgehead atoms. The van der Waals surface area contributed by atoms with E-state index in [1.165, 1.54) is 0 Å². The first-order chi connectivity index (χ1) is 5.82. The van der Waals surface area contributed by atoms with Crippen LogP contribution in [0.3, 0.4) is 0 Å². The van der Waals surface area contributed by atoms with Crippen molar-refractivity contribution in [2.45, 2.75) is 12.6 Å². The summed E-state index contributed by atoms with van der Waals surface area (Å²) in [7, 11) is 0. The third-order valence-corrected chi connectivity index (χ3v) is 1.43. The fraction of sp³-hybridized carbons (Fsp3) is 0.400. The summed E-state index contributed by atoms with van der Waals surface area (Å²) in [5, 5.41) is 0. The SMILES string of the molecule is FC(F)c1oc(Br)nc1C(F)(F)F. The second-order valence-corrected chi connectivity index (χ2v) is 2.66. The maximum Gasteiger partial charge on any atom is 0.437 e. The van der Waals surface area contributed by atoms with Crippen molar-refractivity contribution in [3.8, 4) is 0 Å². The molecule has 0 atom stereocenters. The molecule has 0 aliphatic heterocycles. The van der Waals surface area contributed by atoms with Gasteiger partial charge in [0.2, 0.25) is 5.76 Å². The number of rotatable bonds is 1. The lowest BCUT2D eigenvalue weighted by Crippen LogP contribution is -2.08. The fourth-order valence-electron chi connectivity index (χ4n) is 0.656. The monoisotopic (exact) mass is 265 g/mol. The highest BCUT2D eigenvalue weighted by molar-refractivity contribution is 9.10. The van der Waals surface area contributed by atoms with Crippen LogP contribution in [0, 0.1) is 0 Å². The lowest BCUT2D eigenvalue weighted by Gasteiger charge is -2.02. The number of alkyl halides is 5. The van der Waals surface area contributed by atoms with E-state index < -0.39 is 28.9 Å². The predicted molar refractivity (Wildman–Crippen MR) is 34.2 cm³/mol. The molecule has 0 aliphatic rings. The average molecular weight is 266 g/mol. The lowest BCUT2D eigenvalue weighted by molar-refractivity contribution is -0.143. The van der Waals surface area contributed by atoms with Gasteiger partial charge in [-0.05, 0) is 0 Å². The zero-order valence-corrected chi connectivity index (χ0v) is 7.29. The van der Waals surface area contributed by atoms with Crippen molar-refractivity contribution in [1.82, 2.24) is 4.98 Å². The summed E-state index contributed by atoms with van der Waals surface area (Å²) >= 11 is 2.43. The number of hydrogen-bond acceptors (Lipinski definition) is 2. The first-order valence-corrected chi connectivity index (χ1v) is 3.63. The van der Waals surface area contributed by atoms with Crippen molar-refractivity contribution in [1.29, 1.82) is 0 Å². The van der Waals surface area contributed by atoms with Crippen LogP contribution in [0.5, 0.6) is 0 Å². The van der Waals surface area contributed by atoms with Crippen LogP contribution in [-0.4, -0.2) is 4.98 Å². The molecule has 1 heterocycles. The molecule has 0 aliphatic carbocycles. The van der Waals surface area contributed by atoms with E-state index in [1.807, 2.05) is 0 Å². The summed E-state index contributed by atoms with van der Waals surface area (Å²) in [5.41, 5.74) is -1.70. The van der Waals surface area contributed by atoms with Gasteiger partial charge in [-0.2, -0.15) is 18.2 Å². The molecule has 13 heavy (non-hydrogen) atoms. The molecule has 1 aromatic heterocycles. The minimum Gasteiger partial charge on any atom is -0.429 e. The van der Waals surface area contributed by atoms with Gasteiger partial charge in [0, 0.05) is 15.9 Å². The van der Waals surface area contributed by atoms with Gasteiger partial charge in [0.15, 0.2) is 5.69 Å². The van der Waals surface area contributed by atoms with Crippen molar-refractivity contribution in [3.05, 3.63) is 16.3 Å². The van der Waals surface area contributed by atoms with Gasteiger partial charge in [-0.1, -0.05) is 0 Å². The Bertz CT molecular complexity index is 306. The van der Waals surface area contributed by atoms with E-state index >= 15 is 0 Å². The number of oxazole rings is 1. The summed E-state index contributed by atoms with van der Waals surface area (Å²) < 4.78 is 63.7. The average Bonchev–Trinajstić information content (AvgIpc) is 2.29. The Kier molecular flexibility index (Phi) is 2.60. The van der Waals surface area contributed by atoms with Crippen LogP contribution in [0.15, 0.2) is 9.22 Å². The summed E-state index contributed by atoms with van der Waals surface area (Å²) in [6.45, 7) is 0. The van der Waals surface area contributed by atoms with Crippen LogP contribution in [0.4, 0.5) is 22.0 Å². The first kappa shape index (κ1) is 10.4. The molecular formula is C5HBrF5NO. The molecular weight excluding hydrogens is 265 g/mol. The Balaban J connectivity index is 3.20. The fourth-order valence-corrected chi connectivity index (χ4v) is 1.01. The quantitative estimate of drug-likeness (QED) is 0.728. The number of aromatic nitrogens is 1. The largest absolute Gasteiger partial charge is 0.437 e. The minimum atomic E-state index is -4.93. The Hall–Kier alpha value is -0.660. The van der Waals surface area contributed by atoms with E-state index in [2.05, 4.69) is 25.3 Å². The molecule has 0 radical (unpaired) electrons. The Morgan fingerprint density at radius 1 is 1.31 bits per heavy atom. The zero-order chi connectivity index (χ0) is 10.2. The standard InChI is InChI=1S/C5HBrF5NO/c6-4-12-2(5(9,10)11)1(13-4)3(7)8/h3H. The maximum absolute atomic E-state index is 11.9. The third kappa shape index (κ3) is 2.17. The van der Waals surface area contributed by atoms with Gasteiger partial charge in [0.25, 0.3) is 11.2 Å². The van der Waals surface area contributed by atoms with E-state index in [9.17, 15) is 22.0 Å². The van der Waals surface area contributed by atoms with Crippen LogP contribution in [0.1, 0.15) is 17.9 Å². The van der Waals surface area contributed by atoms with Gasteiger partial charge in [-0.25, -0.2) is 8.78 Å². The minimum absolute atomic E-state index is 0.616. The van der Waals surface area contributed by atoms with Crippen molar-refractivity contribution >= 4 is 15.9 Å². The predicted octanol–water partition coefficient (Wildman–Crippen LogP) is 3.39. The third-order valence-electron chi connectivity index (χ3n) is 1.09. The molecule has 0 N–H and O–H groups in total. The zero-order valence-electron chi connectivity index (χ0n) is 5.70. The van der Waals surface area contributed by atoms with E-state index in [0.29, 0.717) is 0 Å². The topological polar surface area (TPSA) is 26.0 Å². The summed E-state index contributed by atoms with van der Waals surface area (Å²) in [6, 6.07) is 0. The van der Waals surface area contributed by atoms with E-state index in [-0.39, 0.29) is 0 Å². The summed E-state index contributed by atoms with van der Waals surface area (Å²) in [6.07, 6.45) is -8.27. The van der Waals surface area contributed by atoms with E-state index in [0.717, 1.165) is 0 Å². The maximum atomic E-state index is 11.9. The number of halogens is 6. The van der Waals surface area contributed by atoms with Gasteiger partial charge < -0.3 is 4.42 Å². The number of hydrogen-bond donors (Lipinski definition) is 0. The van der Waals surface area contributed by atoms with Crippen molar-refractivity contribution < 1.29 is 26.4 Å². The molecule has 0 fully saturated rings. The van der Waals surface area contributed by atoms with E-state index in [4.69, 9.17) is 0 Å². The Morgan fingerprint density at radius 3 is 2.15 bits per heavy atom. The molecule has 0 aromatic carbocycles. The second-order valence-electron chi connectivity index (χ2n) is 1.98. The van der Waals surface area contributed by atoms with Crippen LogP contribution < -0.4 is 0 Å². The first-order valence-electron chi connectivity index (χ1n) is 2.84. The molecule has 0 spiro atoms. The second kappa shape index (κ2) is 3.24. The molecule has 1 rings (SSSR count). The van der Waals surface area contributed by atoms with Crippen LogP contribution >= 0.6 is 15.9 Å². The van der Waals surface area contributed by atoms with Crippen molar-refractivity contribution in [2.24, 2.45) is 0 Å². The highest BCUT2D eigenvalue weighted by Crippen LogP contribution is 2.37. The Morgan fingerprint density at radius 2 is 1.85 bits per heavy atom. The smallest absolute Gasteiger partial charge is 0.429 e. The molecule has 0 saturated carbocycles. The van der Waals surface area contributed by atoms with Gasteiger partial charge >= 0.3 is 6.18 Å². The number of nitrogens with zero attached hydrogens (tertiary/aromatic N) is 1. The summed E-state index contributed by atoms with van der Waals surface area (Å²) in [4.78, 5) is 2.13. The van der Waals surface area contributed by atoms with Crippen molar-refractivity contribution in [3.63, 3.8) is 0 Å². The highest BCUT2D eigenvalue weighted by Gasteiger charge is 2.41. The van der Waals surface area contributed by atoms with Gasteiger partial charge in [0.1, 0.15) is 0 Å². The van der Waals surface area contributed by atoms with Crippen LogP contribution in [-0.2, 0) is 6.18 Å². The van der Waals surface area contributed by atoms with Gasteiger partial charge in [-0.15, -0.1) is 0 Å². The normalized spacial score (nSPS) is 12.5. The molecule has 2 nitrogen and oxygen atoms in total. The molecule has 0 unspecified atom stereocenters. The summed E-state index contributed by atoms with van der Waals surface area (Å²) in [5.74, 6) is -1.47. The van der Waals surface area contributed by atoms with Crippen molar-refractivity contribution in [2.75, 3.05) is 0 Å². The Labute approximate surface area is 76.9 Å². The molecule has 8 heteroatoms. The molecule has 1 aromatic rings. The van der Waals surface area contributed by atoms with E-state index in [1.54, 1.807) is 0 Å². The van der Waals surface area contributed by atoms with Gasteiger partial charge in [-0.3, -0.25) is 0 Å².